The van der Waals surface area contributed by atoms with Gasteiger partial charge in [-0.1, -0.05) is 29.8 Å². The maximum Gasteiger partial charge on any atom is 0.191 e. The molecule has 0 saturated heterocycles. The SMILES string of the molecule is Cc1ccc(NC(=S)N/N=C\c2ccc(C#N)cc2)c(C)c1. The molecule has 22 heavy (non-hydrogen) atoms. The fourth-order valence-corrected chi connectivity index (χ4v) is 2.08. The van der Waals surface area contributed by atoms with Gasteiger partial charge in [0.05, 0.1) is 17.8 Å². The molecule has 0 saturated carbocycles. The van der Waals surface area contributed by atoms with Crippen molar-refractivity contribution in [3.05, 3.63) is 64.7 Å². The van der Waals surface area contributed by atoms with Crippen molar-refractivity contribution in [3.63, 3.8) is 0 Å². The molecule has 0 radical (unpaired) electrons. The van der Waals surface area contributed by atoms with Crippen LogP contribution in [0, 0.1) is 25.2 Å². The van der Waals surface area contributed by atoms with Gasteiger partial charge in [-0.25, -0.2) is 0 Å². The Kier molecular flexibility index (Phi) is 5.23. The van der Waals surface area contributed by atoms with Gasteiger partial charge in [-0.3, -0.25) is 5.43 Å². The minimum Gasteiger partial charge on any atom is -0.331 e. The monoisotopic (exact) mass is 308 g/mol. The van der Waals surface area contributed by atoms with E-state index in [1.807, 2.05) is 31.2 Å². The third-order valence-electron chi connectivity index (χ3n) is 3.05. The Hall–Kier alpha value is -2.71. The number of thiocarbonyl (C=S) groups is 1. The summed E-state index contributed by atoms with van der Waals surface area (Å²) in [5.41, 5.74) is 7.58. The zero-order valence-corrected chi connectivity index (χ0v) is 13.2. The number of hydrogen-bond donors (Lipinski definition) is 2. The molecule has 0 aliphatic heterocycles. The third kappa shape index (κ3) is 4.40. The molecule has 2 aromatic carbocycles. The van der Waals surface area contributed by atoms with Crippen molar-refractivity contribution in [3.8, 4) is 6.07 Å². The summed E-state index contributed by atoms with van der Waals surface area (Å²) in [7, 11) is 0. The molecular weight excluding hydrogens is 292 g/mol. The van der Waals surface area contributed by atoms with Crippen LogP contribution in [-0.4, -0.2) is 11.3 Å². The molecule has 4 nitrogen and oxygen atoms in total. The van der Waals surface area contributed by atoms with Crippen LogP contribution in [0.2, 0.25) is 0 Å². The van der Waals surface area contributed by atoms with Gasteiger partial charge < -0.3 is 5.32 Å². The zero-order chi connectivity index (χ0) is 15.9. The molecule has 0 bridgehead atoms. The first-order valence-corrected chi connectivity index (χ1v) is 7.17. The lowest BCUT2D eigenvalue weighted by atomic mass is 10.1. The van der Waals surface area contributed by atoms with Gasteiger partial charge in [-0.2, -0.15) is 10.4 Å². The van der Waals surface area contributed by atoms with Crippen LogP contribution in [0.1, 0.15) is 22.3 Å². The summed E-state index contributed by atoms with van der Waals surface area (Å²) < 4.78 is 0. The van der Waals surface area contributed by atoms with E-state index in [0.717, 1.165) is 16.8 Å². The zero-order valence-electron chi connectivity index (χ0n) is 12.4. The van der Waals surface area contributed by atoms with Crippen molar-refractivity contribution in [2.45, 2.75) is 13.8 Å². The van der Waals surface area contributed by atoms with Crippen molar-refractivity contribution in [1.82, 2.24) is 5.43 Å². The second kappa shape index (κ2) is 7.34. The van der Waals surface area contributed by atoms with Crippen LogP contribution in [0.3, 0.4) is 0 Å². The molecule has 0 atom stereocenters. The second-order valence-corrected chi connectivity index (χ2v) is 5.28. The number of anilines is 1. The molecule has 0 fully saturated rings. The number of hydrazone groups is 1. The predicted molar refractivity (Wildman–Crippen MR) is 94.0 cm³/mol. The Bertz CT molecular complexity index is 742. The lowest BCUT2D eigenvalue weighted by Gasteiger charge is -2.10. The van der Waals surface area contributed by atoms with Crippen LogP contribution >= 0.6 is 12.2 Å². The van der Waals surface area contributed by atoms with Crippen LogP contribution in [-0.2, 0) is 0 Å². The Morgan fingerprint density at radius 1 is 1.18 bits per heavy atom. The number of aryl methyl sites for hydroxylation is 2. The molecule has 2 N–H and O–H groups in total. The molecule has 5 heteroatoms. The molecule has 0 aliphatic rings. The molecule has 0 amide bonds. The number of nitrogens with zero attached hydrogens (tertiary/aromatic N) is 2. The first kappa shape index (κ1) is 15.7. The molecule has 110 valence electrons. The van der Waals surface area contributed by atoms with Crippen molar-refractivity contribution < 1.29 is 0 Å². The Morgan fingerprint density at radius 3 is 2.55 bits per heavy atom. The summed E-state index contributed by atoms with van der Waals surface area (Å²) >= 11 is 5.20. The molecule has 2 rings (SSSR count). The number of nitrogens with one attached hydrogen (secondary N) is 2. The quantitative estimate of drug-likeness (QED) is 0.517. The molecule has 0 spiro atoms. The first-order valence-electron chi connectivity index (χ1n) is 6.76. The van der Waals surface area contributed by atoms with Gasteiger partial charge in [-0.05, 0) is 55.4 Å². The molecule has 0 aromatic heterocycles. The maximum absolute atomic E-state index is 8.74. The lowest BCUT2D eigenvalue weighted by Crippen LogP contribution is -2.24. The molecule has 2 aromatic rings. The van der Waals surface area contributed by atoms with Crippen LogP contribution in [0.4, 0.5) is 5.69 Å². The molecule has 0 heterocycles. The highest BCUT2D eigenvalue weighted by Crippen LogP contribution is 2.15. The van der Waals surface area contributed by atoms with Gasteiger partial charge in [0.2, 0.25) is 0 Å². The van der Waals surface area contributed by atoms with Crippen molar-refractivity contribution in [2.75, 3.05) is 5.32 Å². The molecule has 0 unspecified atom stereocenters. The number of nitriles is 1. The van der Waals surface area contributed by atoms with Crippen LogP contribution in [0.25, 0.3) is 0 Å². The summed E-state index contributed by atoms with van der Waals surface area (Å²) in [5.74, 6) is 0. The van der Waals surface area contributed by atoms with Crippen LogP contribution in [0.15, 0.2) is 47.6 Å². The largest absolute Gasteiger partial charge is 0.331 e. The smallest absolute Gasteiger partial charge is 0.191 e. The summed E-state index contributed by atoms with van der Waals surface area (Å²) in [4.78, 5) is 0. The Labute approximate surface area is 135 Å². The van der Waals surface area contributed by atoms with E-state index < -0.39 is 0 Å². The van der Waals surface area contributed by atoms with Gasteiger partial charge in [0, 0.05) is 5.69 Å². The summed E-state index contributed by atoms with van der Waals surface area (Å²) in [6.07, 6.45) is 1.65. The predicted octanol–water partition coefficient (Wildman–Crippen LogP) is 3.50. The second-order valence-electron chi connectivity index (χ2n) is 4.88. The van der Waals surface area contributed by atoms with E-state index in [4.69, 9.17) is 17.5 Å². The van der Waals surface area contributed by atoms with Gasteiger partial charge in [-0.15, -0.1) is 0 Å². The molecule has 0 aliphatic carbocycles. The maximum atomic E-state index is 8.74. The van der Waals surface area contributed by atoms with Crippen molar-refractivity contribution in [1.29, 1.82) is 5.26 Å². The summed E-state index contributed by atoms with van der Waals surface area (Å²) in [5, 5.41) is 16.3. The topological polar surface area (TPSA) is 60.2 Å². The Balaban J connectivity index is 1.91. The normalized spacial score (nSPS) is 10.2. The third-order valence-corrected chi connectivity index (χ3v) is 3.24. The number of rotatable bonds is 3. The van der Waals surface area contributed by atoms with E-state index in [2.05, 4.69) is 34.9 Å². The van der Waals surface area contributed by atoms with Gasteiger partial charge in [0.15, 0.2) is 5.11 Å². The van der Waals surface area contributed by atoms with Crippen molar-refractivity contribution >= 4 is 29.2 Å². The average molecular weight is 308 g/mol. The highest BCUT2D eigenvalue weighted by molar-refractivity contribution is 7.80. The van der Waals surface area contributed by atoms with Crippen LogP contribution in [0.5, 0.6) is 0 Å². The number of benzene rings is 2. The van der Waals surface area contributed by atoms with E-state index in [1.165, 1.54) is 5.56 Å². The van der Waals surface area contributed by atoms with Gasteiger partial charge >= 0.3 is 0 Å². The highest BCUT2D eigenvalue weighted by Gasteiger charge is 2.00. The van der Waals surface area contributed by atoms with E-state index in [1.54, 1.807) is 18.3 Å². The summed E-state index contributed by atoms with van der Waals surface area (Å²) in [6.45, 7) is 4.08. The van der Waals surface area contributed by atoms with Gasteiger partial charge in [0.25, 0.3) is 0 Å². The minimum atomic E-state index is 0.428. The summed E-state index contributed by atoms with van der Waals surface area (Å²) in [6, 6.07) is 15.3. The highest BCUT2D eigenvalue weighted by atomic mass is 32.1. The van der Waals surface area contributed by atoms with Crippen LogP contribution < -0.4 is 10.7 Å². The molecular formula is C17H16N4S. The fraction of sp³-hybridized carbons (Fsp3) is 0.118. The van der Waals surface area contributed by atoms with Crippen molar-refractivity contribution in [2.24, 2.45) is 5.10 Å². The Morgan fingerprint density at radius 2 is 1.91 bits per heavy atom. The minimum absolute atomic E-state index is 0.428. The standard InChI is InChI=1S/C17H16N4S/c1-12-3-8-16(13(2)9-12)20-17(22)21-19-11-15-6-4-14(10-18)5-7-15/h3-9,11H,1-2H3,(H2,20,21,22)/b19-11-. The lowest BCUT2D eigenvalue weighted by molar-refractivity contribution is 1.05. The van der Waals surface area contributed by atoms with E-state index >= 15 is 0 Å². The van der Waals surface area contributed by atoms with E-state index in [0.29, 0.717) is 10.7 Å². The van der Waals surface area contributed by atoms with Gasteiger partial charge in [0.1, 0.15) is 0 Å². The average Bonchev–Trinajstić information content (AvgIpc) is 2.51. The van der Waals surface area contributed by atoms with E-state index in [9.17, 15) is 0 Å². The number of hydrogen-bond acceptors (Lipinski definition) is 3. The fourth-order valence-electron chi connectivity index (χ4n) is 1.91. The van der Waals surface area contributed by atoms with E-state index in [-0.39, 0.29) is 0 Å². The first-order chi connectivity index (χ1) is 10.6.